The zero-order valence-electron chi connectivity index (χ0n) is 13.7. The molecule has 1 aromatic carbocycles. The van der Waals surface area contributed by atoms with Gasteiger partial charge in [-0.15, -0.1) is 0 Å². The molecule has 0 saturated carbocycles. The minimum atomic E-state index is -4.38. The summed E-state index contributed by atoms with van der Waals surface area (Å²) in [6.07, 6.45) is -0.368. The van der Waals surface area contributed by atoms with E-state index in [2.05, 4.69) is 6.92 Å². The van der Waals surface area contributed by atoms with E-state index in [1.165, 1.54) is 13.2 Å². The van der Waals surface area contributed by atoms with Gasteiger partial charge in [-0.25, -0.2) is 0 Å². The molecule has 0 unspecified atom stereocenters. The van der Waals surface area contributed by atoms with Crippen molar-refractivity contribution in [3.8, 4) is 5.75 Å². The van der Waals surface area contributed by atoms with Crippen LogP contribution in [0.2, 0.25) is 0 Å². The van der Waals surface area contributed by atoms with Crippen LogP contribution in [0.15, 0.2) is 18.2 Å². The summed E-state index contributed by atoms with van der Waals surface area (Å²) in [6, 6.07) is 4.04. The molecule has 2 atom stereocenters. The molecular weight excluding hydrogens is 305 g/mol. The summed E-state index contributed by atoms with van der Waals surface area (Å²) in [5.41, 5.74) is 6.07. The van der Waals surface area contributed by atoms with E-state index < -0.39 is 11.7 Å². The van der Waals surface area contributed by atoms with Crippen molar-refractivity contribution >= 4 is 5.69 Å². The average molecular weight is 330 g/mol. The number of hydrogen-bond acceptors (Lipinski definition) is 3. The molecule has 0 aliphatic carbocycles. The number of rotatable bonds is 5. The fourth-order valence-electron chi connectivity index (χ4n) is 3.10. The molecule has 23 heavy (non-hydrogen) atoms. The van der Waals surface area contributed by atoms with E-state index in [1.807, 2.05) is 4.90 Å². The lowest BCUT2D eigenvalue weighted by molar-refractivity contribution is -0.137. The van der Waals surface area contributed by atoms with Crippen LogP contribution in [0, 0.1) is 5.92 Å². The second kappa shape index (κ2) is 7.43. The first-order chi connectivity index (χ1) is 10.8. The Bertz CT molecular complexity index is 519. The van der Waals surface area contributed by atoms with Gasteiger partial charge in [-0.1, -0.05) is 19.8 Å². The number of anilines is 1. The van der Waals surface area contributed by atoms with Gasteiger partial charge < -0.3 is 15.4 Å². The van der Waals surface area contributed by atoms with E-state index in [1.54, 1.807) is 6.07 Å². The number of hydrogen-bond donors (Lipinski definition) is 1. The van der Waals surface area contributed by atoms with Gasteiger partial charge in [-0.3, -0.25) is 0 Å². The first kappa shape index (κ1) is 17.9. The Labute approximate surface area is 135 Å². The minimum absolute atomic E-state index is 0.130. The normalized spacial score (nSPS) is 22.3. The van der Waals surface area contributed by atoms with E-state index in [-0.39, 0.29) is 11.8 Å². The highest BCUT2D eigenvalue weighted by Gasteiger charge is 2.33. The van der Waals surface area contributed by atoms with Crippen molar-refractivity contribution in [3.63, 3.8) is 0 Å². The lowest BCUT2D eigenvalue weighted by atomic mass is 9.88. The number of nitrogens with two attached hydrogens (primary N) is 1. The monoisotopic (exact) mass is 330 g/mol. The number of halogens is 3. The summed E-state index contributed by atoms with van der Waals surface area (Å²) >= 11 is 0. The molecule has 130 valence electrons. The molecule has 1 aliphatic rings. The van der Waals surface area contributed by atoms with E-state index in [0.29, 0.717) is 24.7 Å². The van der Waals surface area contributed by atoms with E-state index >= 15 is 0 Å². The zero-order valence-corrected chi connectivity index (χ0v) is 13.7. The minimum Gasteiger partial charge on any atom is -0.497 e. The topological polar surface area (TPSA) is 38.5 Å². The summed E-state index contributed by atoms with van der Waals surface area (Å²) < 4.78 is 44.2. The molecule has 2 N–H and O–H groups in total. The molecule has 0 amide bonds. The lowest BCUT2D eigenvalue weighted by Crippen LogP contribution is -2.47. The van der Waals surface area contributed by atoms with Crippen LogP contribution in [0.25, 0.3) is 0 Å². The molecule has 6 heteroatoms. The van der Waals surface area contributed by atoms with Crippen LogP contribution in [0.4, 0.5) is 18.9 Å². The van der Waals surface area contributed by atoms with Crippen molar-refractivity contribution in [1.82, 2.24) is 0 Å². The highest BCUT2D eigenvalue weighted by Crippen LogP contribution is 2.36. The number of ether oxygens (including phenoxy) is 1. The highest BCUT2D eigenvalue weighted by molar-refractivity contribution is 5.54. The Balaban J connectivity index is 2.23. The molecule has 1 aromatic rings. The average Bonchev–Trinajstić information content (AvgIpc) is 2.52. The van der Waals surface area contributed by atoms with Crippen molar-refractivity contribution in [3.05, 3.63) is 23.8 Å². The van der Waals surface area contributed by atoms with Crippen LogP contribution < -0.4 is 15.4 Å². The first-order valence-corrected chi connectivity index (χ1v) is 8.12. The Kier molecular flexibility index (Phi) is 5.79. The second-order valence-corrected chi connectivity index (χ2v) is 6.22. The highest BCUT2D eigenvalue weighted by atomic mass is 19.4. The quantitative estimate of drug-likeness (QED) is 0.885. The lowest BCUT2D eigenvalue weighted by Gasteiger charge is -2.38. The van der Waals surface area contributed by atoms with Crippen LogP contribution in [-0.4, -0.2) is 26.2 Å². The molecule has 1 fully saturated rings. The number of piperidine rings is 1. The Morgan fingerprint density at radius 3 is 2.65 bits per heavy atom. The molecule has 0 aromatic heterocycles. The van der Waals surface area contributed by atoms with Crippen molar-refractivity contribution < 1.29 is 17.9 Å². The van der Waals surface area contributed by atoms with Gasteiger partial charge in [0.25, 0.3) is 0 Å². The molecule has 1 aliphatic heterocycles. The number of benzene rings is 1. The summed E-state index contributed by atoms with van der Waals surface area (Å²) in [5, 5.41) is 0. The van der Waals surface area contributed by atoms with Crippen LogP contribution in [0.1, 0.15) is 38.2 Å². The molecule has 0 spiro atoms. The number of methoxy groups -OCH3 is 1. The smallest absolute Gasteiger partial charge is 0.416 e. The van der Waals surface area contributed by atoms with Gasteiger partial charge >= 0.3 is 6.18 Å². The summed E-state index contributed by atoms with van der Waals surface area (Å²) in [5.74, 6) is 0.555. The van der Waals surface area contributed by atoms with Crippen molar-refractivity contribution in [1.29, 1.82) is 0 Å². The molecule has 0 bridgehead atoms. The maximum atomic E-state index is 13.1. The Hall–Kier alpha value is -1.43. The number of alkyl halides is 3. The maximum Gasteiger partial charge on any atom is 0.416 e. The molecule has 1 heterocycles. The first-order valence-electron chi connectivity index (χ1n) is 8.12. The predicted molar refractivity (Wildman–Crippen MR) is 85.8 cm³/mol. The van der Waals surface area contributed by atoms with Gasteiger partial charge in [0.05, 0.1) is 12.7 Å². The summed E-state index contributed by atoms with van der Waals surface area (Å²) in [6.45, 7) is 3.50. The van der Waals surface area contributed by atoms with Crippen LogP contribution in [0.3, 0.4) is 0 Å². The predicted octanol–water partition coefficient (Wildman–Crippen LogP) is 4.06. The molecule has 1 saturated heterocycles. The molecule has 0 radical (unpaired) electrons. The number of unbranched alkanes of at least 4 members (excludes halogenated alkanes) is 1. The van der Waals surface area contributed by atoms with Gasteiger partial charge in [0.15, 0.2) is 0 Å². The van der Waals surface area contributed by atoms with Crippen molar-refractivity contribution in [2.24, 2.45) is 11.7 Å². The molecule has 3 nitrogen and oxygen atoms in total. The Morgan fingerprint density at radius 2 is 2.04 bits per heavy atom. The van der Waals surface area contributed by atoms with Gasteiger partial charge in [-0.05, 0) is 30.9 Å². The second-order valence-electron chi connectivity index (χ2n) is 6.22. The van der Waals surface area contributed by atoms with Crippen LogP contribution in [0.5, 0.6) is 5.75 Å². The SMILES string of the molecule is CCCC[C@@H]1CN(c2cc(OC)cc(C(F)(F)F)c2)CC[C@@H]1N. The number of nitrogens with zero attached hydrogens (tertiary/aromatic N) is 1. The fraction of sp³-hybridized carbons (Fsp3) is 0.647. The van der Waals surface area contributed by atoms with Crippen LogP contribution >= 0.6 is 0 Å². The van der Waals surface area contributed by atoms with E-state index in [0.717, 1.165) is 31.7 Å². The largest absolute Gasteiger partial charge is 0.497 e. The maximum absolute atomic E-state index is 13.1. The third kappa shape index (κ3) is 4.53. The molecular formula is C17H25F3N2O. The van der Waals surface area contributed by atoms with E-state index in [4.69, 9.17) is 10.5 Å². The van der Waals surface area contributed by atoms with Gasteiger partial charge in [0.1, 0.15) is 5.75 Å². The van der Waals surface area contributed by atoms with Gasteiger partial charge in [0.2, 0.25) is 0 Å². The van der Waals surface area contributed by atoms with Gasteiger partial charge in [-0.2, -0.15) is 13.2 Å². The van der Waals surface area contributed by atoms with Gasteiger partial charge in [0, 0.05) is 30.9 Å². The summed E-state index contributed by atoms with van der Waals surface area (Å²) in [4.78, 5) is 2.00. The molecule has 2 rings (SSSR count). The zero-order chi connectivity index (χ0) is 17.0. The van der Waals surface area contributed by atoms with Crippen LogP contribution in [-0.2, 0) is 6.18 Å². The van der Waals surface area contributed by atoms with E-state index in [9.17, 15) is 13.2 Å². The third-order valence-electron chi connectivity index (χ3n) is 4.54. The Morgan fingerprint density at radius 1 is 1.30 bits per heavy atom. The summed E-state index contributed by atoms with van der Waals surface area (Å²) in [7, 11) is 1.38. The fourth-order valence-corrected chi connectivity index (χ4v) is 3.10. The standard InChI is InChI=1S/C17H25F3N2O/c1-3-4-5-12-11-22(7-6-16(12)21)14-8-13(17(18,19)20)9-15(10-14)23-2/h8-10,12,16H,3-7,11,21H2,1-2H3/t12-,16+/m1/s1. The van der Waals surface area contributed by atoms with Crippen molar-refractivity contribution in [2.75, 3.05) is 25.1 Å². The van der Waals surface area contributed by atoms with Crippen molar-refractivity contribution in [2.45, 2.75) is 44.8 Å². The third-order valence-corrected chi connectivity index (χ3v) is 4.54.